The van der Waals surface area contributed by atoms with Crippen molar-refractivity contribution in [3.63, 3.8) is 0 Å². The summed E-state index contributed by atoms with van der Waals surface area (Å²) in [5.74, 6) is -0.766. The maximum absolute atomic E-state index is 12.9. The van der Waals surface area contributed by atoms with Gasteiger partial charge in [-0.05, 0) is 113 Å². The van der Waals surface area contributed by atoms with Gasteiger partial charge in [-0.15, -0.1) is 0 Å². The Morgan fingerprint density at radius 2 is 1.13 bits per heavy atom. The molecule has 0 amide bonds. The number of hydrogen-bond donors (Lipinski definition) is 18. The van der Waals surface area contributed by atoms with Crippen molar-refractivity contribution in [1.29, 1.82) is 0 Å². The van der Waals surface area contributed by atoms with Gasteiger partial charge in [0.2, 0.25) is 0 Å². The third kappa shape index (κ3) is 13.0. The molecule has 0 spiro atoms. The van der Waals surface area contributed by atoms with E-state index in [4.69, 9.17) is 42.6 Å². The van der Waals surface area contributed by atoms with Crippen molar-refractivity contribution in [1.82, 2.24) is 0 Å². The first kappa shape index (κ1) is 71.9. The number of aliphatic hydroxyl groups is 18. The molecule has 0 radical (unpaired) electrons. The lowest BCUT2D eigenvalue weighted by atomic mass is 9.38. The molecule has 89 heavy (non-hydrogen) atoms. The molecule has 5 aliphatic carbocycles. The van der Waals surface area contributed by atoms with Crippen LogP contribution in [0.2, 0.25) is 0 Å². The minimum atomic E-state index is -1.93. The van der Waals surface area contributed by atoms with Crippen molar-refractivity contribution in [2.75, 3.05) is 26.4 Å². The monoisotopic (exact) mass is 1280 g/mol. The molecule has 4 aliphatic heterocycles. The lowest BCUT2D eigenvalue weighted by Crippen LogP contribution is -2.65. The minimum absolute atomic E-state index is 0.0136. The second-order valence-corrected chi connectivity index (χ2v) is 29.4. The van der Waals surface area contributed by atoms with Gasteiger partial charge in [-0.3, -0.25) is 0 Å². The van der Waals surface area contributed by atoms with Crippen LogP contribution in [0, 0.1) is 51.2 Å². The maximum Gasteiger partial charge on any atom is 0.187 e. The molecule has 0 aromatic rings. The van der Waals surface area contributed by atoms with Crippen LogP contribution in [0.4, 0.5) is 0 Å². The molecule has 9 aliphatic rings. The first-order valence-electron chi connectivity index (χ1n) is 32.3. The van der Waals surface area contributed by atoms with Crippen LogP contribution in [0.5, 0.6) is 0 Å². The number of allylic oxidation sites excluding steroid dienone is 1. The van der Waals surface area contributed by atoms with Gasteiger partial charge in [0.25, 0.3) is 0 Å². The lowest BCUT2D eigenvalue weighted by Gasteiger charge is -2.67. The molecule has 0 aromatic heterocycles. The molecule has 4 saturated carbocycles. The van der Waals surface area contributed by atoms with Gasteiger partial charge < -0.3 is 135 Å². The zero-order valence-electron chi connectivity index (χ0n) is 52.7. The zero-order chi connectivity index (χ0) is 65.5. The standard InChI is InChI=1S/C62H106O27/c1-10-30-40(68)45(73)49(77)54(83-30)81-24-34-43(71)47(75)53(89-56-50(78)46(74)42(70)32(22-64)84-56)57(86-34)88-38(59(5,6)80)15-11-25(2)27-17-18-60(7)35-14-12-28-29(62(35,9)36(66)20-61(27,60)8)13-16-37(58(28,3)4)87-55-51(79)48(76)52(33(23-65)85-55)82-31-19-26(21-63)39(67)44(72)41(31)69/h12,25-27,29-57,63-80H,10-11,13-24H2,1-9H3/t25-,26-,27?,29?,30-,31+,32-,33-,34-,35?,36-,37+,38-,39-,40-,41+,42-,43-,44+,45+,46+,47+,48-,49-,50-,51-,52-,53-,54+,55+,56+,57+,60+,61-,62+/m1/s1. The van der Waals surface area contributed by atoms with E-state index in [0.29, 0.717) is 32.1 Å². The van der Waals surface area contributed by atoms with E-state index in [2.05, 4.69) is 47.6 Å². The summed E-state index contributed by atoms with van der Waals surface area (Å²) in [5, 5.41) is 197. The SMILES string of the molecule is CC[C@H]1O[C@H](OC[C@H]2O[C@@H](O[C@H](CC[C@@H](C)C3CC[C@@]4(C)C5CC=C6C(CC[C@H](O[C@@H]7O[C@H](CO)[C@@H](O[C@H]8C[C@H](CO)[C@@H](O)[C@H](O)[C@H]8O)[C@H](O)[C@H]7O)C6(C)C)[C@]5(C)[C@H](O)C[C@]34C)C(C)(C)O)[C@H](O[C@@H]3O[C@H](CO)[C@@H](O)[C@H](O)[C@H]3O)[C@@H](O)[C@@H]2O)[C@H](O)[C@@H](O)[C@@H]1O. The van der Waals surface area contributed by atoms with Crippen LogP contribution in [-0.2, 0) is 42.6 Å². The molecular formula is C62H106O27. The van der Waals surface area contributed by atoms with Gasteiger partial charge in [0.15, 0.2) is 25.2 Å². The predicted molar refractivity (Wildman–Crippen MR) is 307 cm³/mol. The Balaban J connectivity index is 0.884. The van der Waals surface area contributed by atoms with Crippen LogP contribution in [0.3, 0.4) is 0 Å². The van der Waals surface area contributed by atoms with E-state index in [1.54, 1.807) is 6.92 Å². The van der Waals surface area contributed by atoms with E-state index in [-0.39, 0.29) is 53.8 Å². The molecule has 18 N–H and O–H groups in total. The van der Waals surface area contributed by atoms with Crippen molar-refractivity contribution in [2.45, 2.75) is 298 Å². The van der Waals surface area contributed by atoms with Crippen molar-refractivity contribution < 1.29 is 135 Å². The molecule has 35 atom stereocenters. The molecule has 4 saturated heterocycles. The highest BCUT2D eigenvalue weighted by molar-refractivity contribution is 5.32. The maximum atomic E-state index is 12.9. The molecular weight excluding hydrogens is 1180 g/mol. The van der Waals surface area contributed by atoms with Crippen LogP contribution >= 0.6 is 0 Å². The quantitative estimate of drug-likeness (QED) is 0.0530. The molecule has 0 aromatic carbocycles. The summed E-state index contributed by atoms with van der Waals surface area (Å²) in [5.41, 5.74) is -2.34. The van der Waals surface area contributed by atoms with Gasteiger partial charge in [0, 0.05) is 23.4 Å². The average Bonchev–Trinajstić information content (AvgIpc) is 1.66. The number of aliphatic hydroxyl groups excluding tert-OH is 17. The van der Waals surface area contributed by atoms with E-state index in [1.165, 1.54) is 13.8 Å². The second-order valence-electron chi connectivity index (χ2n) is 29.4. The van der Waals surface area contributed by atoms with E-state index >= 15 is 0 Å². The number of fused-ring (bicyclic) bond motifs is 5. The Bertz CT molecular complexity index is 2340. The highest BCUT2D eigenvalue weighted by Gasteiger charge is 2.70. The van der Waals surface area contributed by atoms with Crippen molar-refractivity contribution in [3.05, 3.63) is 11.6 Å². The Hall–Kier alpha value is -1.34. The van der Waals surface area contributed by atoms with Gasteiger partial charge in [0.1, 0.15) is 104 Å². The summed E-state index contributed by atoms with van der Waals surface area (Å²) in [6.45, 7) is 15.4. The molecule has 27 heteroatoms. The van der Waals surface area contributed by atoms with Crippen LogP contribution in [0.15, 0.2) is 11.6 Å². The van der Waals surface area contributed by atoms with Crippen LogP contribution < -0.4 is 0 Å². The predicted octanol–water partition coefficient (Wildman–Crippen LogP) is -3.33. The van der Waals surface area contributed by atoms with E-state index in [9.17, 15) is 91.9 Å². The Morgan fingerprint density at radius 1 is 0.573 bits per heavy atom. The van der Waals surface area contributed by atoms with Crippen LogP contribution in [-0.4, -0.2) is 289 Å². The highest BCUT2D eigenvalue weighted by Crippen LogP contribution is 2.75. The summed E-state index contributed by atoms with van der Waals surface area (Å²) in [6.07, 6.45) is -32.9. The highest BCUT2D eigenvalue weighted by atomic mass is 16.8. The van der Waals surface area contributed by atoms with Gasteiger partial charge in [-0.2, -0.15) is 0 Å². The summed E-state index contributed by atoms with van der Waals surface area (Å²) in [4.78, 5) is 0. The smallest absolute Gasteiger partial charge is 0.187 e. The van der Waals surface area contributed by atoms with Gasteiger partial charge in [0.05, 0.1) is 62.0 Å². The third-order valence-corrected chi connectivity index (χ3v) is 23.6. The van der Waals surface area contributed by atoms with Crippen molar-refractivity contribution in [3.8, 4) is 0 Å². The fourth-order valence-corrected chi connectivity index (χ4v) is 17.8. The first-order chi connectivity index (χ1) is 41.7. The molecule has 0 bridgehead atoms. The van der Waals surface area contributed by atoms with E-state index in [1.807, 2.05) is 0 Å². The molecule has 4 heterocycles. The Morgan fingerprint density at radius 3 is 1.76 bits per heavy atom. The average molecular weight is 1280 g/mol. The first-order valence-corrected chi connectivity index (χ1v) is 32.3. The number of rotatable bonds is 20. The zero-order valence-corrected chi connectivity index (χ0v) is 52.7. The molecule has 516 valence electrons. The summed E-state index contributed by atoms with van der Waals surface area (Å²) in [6, 6.07) is 0. The van der Waals surface area contributed by atoms with Crippen molar-refractivity contribution in [2.24, 2.45) is 51.2 Å². The Kier molecular flexibility index (Phi) is 22.3. The molecule has 9 rings (SSSR count). The topological polar surface area (TPSA) is 447 Å². The van der Waals surface area contributed by atoms with Gasteiger partial charge in [-0.1, -0.05) is 60.1 Å². The third-order valence-electron chi connectivity index (χ3n) is 23.6. The second kappa shape index (κ2) is 27.6. The fraction of sp³-hybridized carbons (Fsp3) is 0.968. The number of ether oxygens (including phenoxy) is 9. The van der Waals surface area contributed by atoms with E-state index in [0.717, 1.165) is 18.4 Å². The lowest BCUT2D eigenvalue weighted by molar-refractivity contribution is -0.380. The van der Waals surface area contributed by atoms with E-state index < -0.39 is 214 Å². The van der Waals surface area contributed by atoms with Gasteiger partial charge in [-0.25, -0.2) is 0 Å². The molecule has 8 fully saturated rings. The summed E-state index contributed by atoms with van der Waals surface area (Å²) >= 11 is 0. The Labute approximate surface area is 520 Å². The van der Waals surface area contributed by atoms with Crippen LogP contribution in [0.1, 0.15) is 127 Å². The molecule has 3 unspecified atom stereocenters. The number of hydrogen-bond acceptors (Lipinski definition) is 27. The van der Waals surface area contributed by atoms with Crippen molar-refractivity contribution >= 4 is 0 Å². The van der Waals surface area contributed by atoms with Crippen LogP contribution in [0.25, 0.3) is 0 Å². The summed E-state index contributed by atoms with van der Waals surface area (Å²) in [7, 11) is 0. The largest absolute Gasteiger partial charge is 0.396 e. The normalized spacial score (nSPS) is 51.8. The molecule has 27 nitrogen and oxygen atoms in total. The van der Waals surface area contributed by atoms with Gasteiger partial charge >= 0.3 is 0 Å². The minimum Gasteiger partial charge on any atom is -0.396 e. The summed E-state index contributed by atoms with van der Waals surface area (Å²) < 4.78 is 54.9. The fourth-order valence-electron chi connectivity index (χ4n) is 17.8.